The zero-order chi connectivity index (χ0) is 22.8. The van der Waals surface area contributed by atoms with Crippen LogP contribution in [0.1, 0.15) is 50.3 Å². The maximum absolute atomic E-state index is 13.2. The molecule has 0 saturated heterocycles. The molecule has 2 rings (SSSR count). The number of rotatable bonds is 11. The van der Waals surface area contributed by atoms with Crippen molar-refractivity contribution in [1.29, 1.82) is 0 Å². The molecule has 0 aliphatic rings. The summed E-state index contributed by atoms with van der Waals surface area (Å²) < 4.78 is 13.1. The summed E-state index contributed by atoms with van der Waals surface area (Å²) >= 11 is 1.48. The topological polar surface area (TPSA) is 49.4 Å². The Balaban J connectivity index is 2.13. The molecule has 0 fully saturated rings. The summed E-state index contributed by atoms with van der Waals surface area (Å²) in [6.45, 7) is 8.33. The highest BCUT2D eigenvalue weighted by molar-refractivity contribution is 7.99. The quantitative estimate of drug-likeness (QED) is 0.525. The van der Waals surface area contributed by atoms with Crippen molar-refractivity contribution in [2.45, 2.75) is 64.9 Å². The van der Waals surface area contributed by atoms with Crippen LogP contribution in [0.15, 0.2) is 48.5 Å². The van der Waals surface area contributed by atoms with Crippen LogP contribution in [-0.4, -0.2) is 34.6 Å². The maximum atomic E-state index is 13.2. The van der Waals surface area contributed by atoms with Gasteiger partial charge >= 0.3 is 0 Å². The molecule has 0 spiro atoms. The van der Waals surface area contributed by atoms with Gasteiger partial charge in [0.05, 0.1) is 5.75 Å². The molecule has 2 aromatic rings. The van der Waals surface area contributed by atoms with Crippen LogP contribution in [-0.2, 0) is 21.9 Å². The van der Waals surface area contributed by atoms with Crippen LogP contribution in [0, 0.1) is 12.7 Å². The average molecular weight is 445 g/mol. The standard InChI is InChI=1S/C25H33FN2O2S/c1-5-19(4)27-25(30)23(6-2)28(15-21-9-7-8-18(3)14-21)24(29)17-31-16-20-10-12-22(26)13-11-20/h7-14,19,23H,5-6,15-17H2,1-4H3,(H,27,30). The number of benzene rings is 2. The predicted octanol–water partition coefficient (Wildman–Crippen LogP) is 5.09. The number of carbonyl (C=O) groups is 2. The summed E-state index contributed by atoms with van der Waals surface area (Å²) in [6.07, 6.45) is 1.38. The summed E-state index contributed by atoms with van der Waals surface area (Å²) in [7, 11) is 0. The van der Waals surface area contributed by atoms with E-state index in [-0.39, 0.29) is 29.4 Å². The van der Waals surface area contributed by atoms with Gasteiger partial charge in [0.2, 0.25) is 11.8 Å². The third kappa shape index (κ3) is 8.02. The Morgan fingerprint density at radius 3 is 2.39 bits per heavy atom. The highest BCUT2D eigenvalue weighted by Gasteiger charge is 2.29. The second-order valence-electron chi connectivity index (χ2n) is 7.87. The fraction of sp³-hybridized carbons (Fsp3) is 0.440. The number of thioether (sulfide) groups is 1. The van der Waals surface area contributed by atoms with Gasteiger partial charge in [0, 0.05) is 18.3 Å². The number of halogens is 1. The molecule has 2 aromatic carbocycles. The smallest absolute Gasteiger partial charge is 0.243 e. The van der Waals surface area contributed by atoms with Crippen LogP contribution in [0.2, 0.25) is 0 Å². The highest BCUT2D eigenvalue weighted by atomic mass is 32.2. The van der Waals surface area contributed by atoms with Crippen molar-refractivity contribution < 1.29 is 14.0 Å². The van der Waals surface area contributed by atoms with E-state index in [1.807, 2.05) is 52.0 Å². The SMILES string of the molecule is CCC(C)NC(=O)C(CC)N(Cc1cccc(C)c1)C(=O)CSCc1ccc(F)cc1. The Kier molecular flexibility index (Phi) is 10.0. The molecular weight excluding hydrogens is 411 g/mol. The number of carbonyl (C=O) groups excluding carboxylic acids is 2. The summed E-state index contributed by atoms with van der Waals surface area (Å²) in [4.78, 5) is 27.8. The second-order valence-corrected chi connectivity index (χ2v) is 8.86. The molecule has 0 aliphatic carbocycles. The van der Waals surface area contributed by atoms with Gasteiger partial charge in [0.25, 0.3) is 0 Å². The molecule has 168 valence electrons. The van der Waals surface area contributed by atoms with Crippen molar-refractivity contribution in [2.24, 2.45) is 0 Å². The van der Waals surface area contributed by atoms with Gasteiger partial charge in [-0.1, -0.05) is 55.8 Å². The minimum absolute atomic E-state index is 0.0605. The Labute approximate surface area is 189 Å². The summed E-state index contributed by atoms with van der Waals surface area (Å²) in [5.41, 5.74) is 3.09. The van der Waals surface area contributed by atoms with E-state index in [0.29, 0.717) is 18.7 Å². The summed E-state index contributed by atoms with van der Waals surface area (Å²) in [6, 6.07) is 13.9. The van der Waals surface area contributed by atoms with Gasteiger partial charge in [0.15, 0.2) is 0 Å². The number of aryl methyl sites for hydroxylation is 1. The van der Waals surface area contributed by atoms with E-state index < -0.39 is 6.04 Å². The molecule has 0 saturated carbocycles. The predicted molar refractivity (Wildman–Crippen MR) is 126 cm³/mol. The lowest BCUT2D eigenvalue weighted by Crippen LogP contribution is -2.51. The van der Waals surface area contributed by atoms with Gasteiger partial charge in [-0.3, -0.25) is 9.59 Å². The summed E-state index contributed by atoms with van der Waals surface area (Å²) in [5.74, 6) is 0.421. The van der Waals surface area contributed by atoms with Crippen LogP contribution < -0.4 is 5.32 Å². The molecule has 0 aliphatic heterocycles. The lowest BCUT2D eigenvalue weighted by atomic mass is 10.1. The van der Waals surface area contributed by atoms with E-state index in [1.165, 1.54) is 23.9 Å². The molecule has 0 bridgehead atoms. The molecule has 2 amide bonds. The first-order valence-corrected chi connectivity index (χ1v) is 12.0. The van der Waals surface area contributed by atoms with Gasteiger partial charge in [0.1, 0.15) is 11.9 Å². The first-order chi connectivity index (χ1) is 14.8. The minimum atomic E-state index is -0.520. The average Bonchev–Trinajstić information content (AvgIpc) is 2.74. The van der Waals surface area contributed by atoms with Gasteiger partial charge in [-0.25, -0.2) is 4.39 Å². The van der Waals surface area contributed by atoms with Crippen molar-refractivity contribution >= 4 is 23.6 Å². The number of nitrogens with one attached hydrogen (secondary N) is 1. The van der Waals surface area contributed by atoms with Crippen LogP contribution >= 0.6 is 11.8 Å². The van der Waals surface area contributed by atoms with E-state index in [2.05, 4.69) is 5.32 Å². The van der Waals surface area contributed by atoms with E-state index in [4.69, 9.17) is 0 Å². The molecule has 0 radical (unpaired) electrons. The molecular formula is C25H33FN2O2S. The van der Waals surface area contributed by atoms with Crippen LogP contribution in [0.4, 0.5) is 4.39 Å². The van der Waals surface area contributed by atoms with Crippen molar-refractivity contribution in [3.8, 4) is 0 Å². The zero-order valence-electron chi connectivity index (χ0n) is 18.9. The van der Waals surface area contributed by atoms with Crippen LogP contribution in [0.25, 0.3) is 0 Å². The van der Waals surface area contributed by atoms with Crippen LogP contribution in [0.3, 0.4) is 0 Å². The molecule has 0 aromatic heterocycles. The van der Waals surface area contributed by atoms with Gasteiger partial charge < -0.3 is 10.2 Å². The summed E-state index contributed by atoms with van der Waals surface area (Å²) in [5, 5.41) is 3.03. The fourth-order valence-corrected chi connectivity index (χ4v) is 4.16. The Morgan fingerprint density at radius 2 is 1.77 bits per heavy atom. The largest absolute Gasteiger partial charge is 0.352 e. The molecule has 2 atom stereocenters. The number of nitrogens with zero attached hydrogens (tertiary/aromatic N) is 1. The zero-order valence-corrected chi connectivity index (χ0v) is 19.7. The van der Waals surface area contributed by atoms with E-state index in [9.17, 15) is 14.0 Å². The molecule has 1 N–H and O–H groups in total. The fourth-order valence-electron chi connectivity index (χ4n) is 3.29. The molecule has 2 unspecified atom stereocenters. The van der Waals surface area contributed by atoms with Gasteiger partial charge in [-0.15, -0.1) is 11.8 Å². The Hall–Kier alpha value is -2.34. The van der Waals surface area contributed by atoms with Crippen molar-refractivity contribution in [3.63, 3.8) is 0 Å². The van der Waals surface area contributed by atoms with Crippen molar-refractivity contribution in [1.82, 2.24) is 10.2 Å². The van der Waals surface area contributed by atoms with E-state index in [1.54, 1.807) is 17.0 Å². The Morgan fingerprint density at radius 1 is 1.06 bits per heavy atom. The first kappa shape index (κ1) is 24.9. The molecule has 4 nitrogen and oxygen atoms in total. The lowest BCUT2D eigenvalue weighted by Gasteiger charge is -2.31. The van der Waals surface area contributed by atoms with Gasteiger partial charge in [-0.2, -0.15) is 0 Å². The van der Waals surface area contributed by atoms with Crippen LogP contribution in [0.5, 0.6) is 0 Å². The highest BCUT2D eigenvalue weighted by Crippen LogP contribution is 2.18. The first-order valence-electron chi connectivity index (χ1n) is 10.8. The molecule has 0 heterocycles. The normalized spacial score (nSPS) is 12.8. The molecule has 6 heteroatoms. The monoisotopic (exact) mass is 444 g/mol. The molecule has 31 heavy (non-hydrogen) atoms. The van der Waals surface area contributed by atoms with Gasteiger partial charge in [-0.05, 0) is 49.9 Å². The lowest BCUT2D eigenvalue weighted by molar-refractivity contribution is -0.139. The third-order valence-electron chi connectivity index (χ3n) is 5.23. The third-order valence-corrected chi connectivity index (χ3v) is 6.22. The van der Waals surface area contributed by atoms with Crippen molar-refractivity contribution in [3.05, 3.63) is 71.0 Å². The number of hydrogen-bond donors (Lipinski definition) is 1. The Bertz CT molecular complexity index is 857. The van der Waals surface area contributed by atoms with Crippen molar-refractivity contribution in [2.75, 3.05) is 5.75 Å². The van der Waals surface area contributed by atoms with E-state index >= 15 is 0 Å². The second kappa shape index (κ2) is 12.5. The maximum Gasteiger partial charge on any atom is 0.243 e. The number of hydrogen-bond acceptors (Lipinski definition) is 3. The number of amides is 2. The minimum Gasteiger partial charge on any atom is -0.352 e. The van der Waals surface area contributed by atoms with E-state index in [0.717, 1.165) is 23.1 Å².